The van der Waals surface area contributed by atoms with Gasteiger partial charge in [-0.15, -0.1) is 11.3 Å². The van der Waals surface area contributed by atoms with E-state index in [2.05, 4.69) is 5.32 Å². The largest absolute Gasteiger partial charge is 0.496 e. The van der Waals surface area contributed by atoms with Crippen molar-refractivity contribution in [2.45, 2.75) is 13.8 Å². The van der Waals surface area contributed by atoms with Gasteiger partial charge in [0.05, 0.1) is 26.4 Å². The Bertz CT molecular complexity index is 731. The fourth-order valence-corrected chi connectivity index (χ4v) is 3.10. The molecule has 0 bridgehead atoms. The third-order valence-corrected chi connectivity index (χ3v) is 4.20. The predicted octanol–water partition coefficient (Wildman–Crippen LogP) is 3.50. The van der Waals surface area contributed by atoms with E-state index < -0.39 is 11.9 Å². The second-order valence-corrected chi connectivity index (χ2v) is 6.07. The van der Waals surface area contributed by atoms with E-state index >= 15 is 0 Å². The van der Waals surface area contributed by atoms with Gasteiger partial charge in [-0.2, -0.15) is 0 Å². The molecule has 7 heteroatoms. The van der Waals surface area contributed by atoms with Gasteiger partial charge in [-0.1, -0.05) is 6.07 Å². The third kappa shape index (κ3) is 3.68. The molecule has 0 aliphatic carbocycles. The highest BCUT2D eigenvalue weighted by atomic mass is 32.1. The van der Waals surface area contributed by atoms with E-state index in [4.69, 9.17) is 14.2 Å². The van der Waals surface area contributed by atoms with Crippen molar-refractivity contribution < 1.29 is 23.8 Å². The van der Waals surface area contributed by atoms with Gasteiger partial charge in [0.25, 0.3) is 5.91 Å². The van der Waals surface area contributed by atoms with Crippen LogP contribution in [0, 0.1) is 6.92 Å². The summed E-state index contributed by atoms with van der Waals surface area (Å²) in [5.74, 6) is -0.114. The van der Waals surface area contributed by atoms with Crippen molar-refractivity contribution >= 4 is 28.2 Å². The van der Waals surface area contributed by atoms with Crippen molar-refractivity contribution in [3.8, 4) is 11.5 Å². The van der Waals surface area contributed by atoms with Gasteiger partial charge in [0.2, 0.25) is 0 Å². The number of hydrogen-bond donors (Lipinski definition) is 1. The van der Waals surface area contributed by atoms with Crippen LogP contribution in [0.1, 0.15) is 32.5 Å². The Morgan fingerprint density at radius 3 is 2.33 bits per heavy atom. The molecule has 0 unspecified atom stereocenters. The molecule has 2 aromatic rings. The molecule has 1 N–H and O–H groups in total. The van der Waals surface area contributed by atoms with E-state index in [0.29, 0.717) is 22.1 Å². The standard InChI is InChI=1S/C17H19NO5S/c1-5-23-17(20)11-9-10(2)24-16(11)18-15(19)14-12(21-3)7-6-8-13(14)22-4/h6-9H,5H2,1-4H3,(H,18,19). The summed E-state index contributed by atoms with van der Waals surface area (Å²) in [6.45, 7) is 3.85. The fourth-order valence-electron chi connectivity index (χ4n) is 2.21. The number of carbonyl (C=O) groups is 2. The maximum atomic E-state index is 12.7. The number of amides is 1. The summed E-state index contributed by atoms with van der Waals surface area (Å²) in [7, 11) is 2.95. The lowest BCUT2D eigenvalue weighted by molar-refractivity contribution is 0.0528. The highest BCUT2D eigenvalue weighted by Gasteiger charge is 2.22. The van der Waals surface area contributed by atoms with E-state index in [1.54, 1.807) is 31.2 Å². The number of methoxy groups -OCH3 is 2. The zero-order chi connectivity index (χ0) is 17.7. The summed E-state index contributed by atoms with van der Waals surface area (Å²) in [6.07, 6.45) is 0. The molecule has 128 valence electrons. The number of rotatable bonds is 6. The Balaban J connectivity index is 2.36. The van der Waals surface area contributed by atoms with Gasteiger partial charge in [-0.3, -0.25) is 4.79 Å². The Morgan fingerprint density at radius 2 is 1.79 bits per heavy atom. The average molecular weight is 349 g/mol. The molecule has 0 radical (unpaired) electrons. The summed E-state index contributed by atoms with van der Waals surface area (Å²) in [4.78, 5) is 25.6. The second kappa shape index (κ2) is 7.83. The maximum Gasteiger partial charge on any atom is 0.341 e. The molecule has 0 saturated carbocycles. The van der Waals surface area contributed by atoms with Gasteiger partial charge in [-0.05, 0) is 32.0 Å². The Morgan fingerprint density at radius 1 is 1.17 bits per heavy atom. The van der Waals surface area contributed by atoms with Crippen molar-refractivity contribution in [2.75, 3.05) is 26.1 Å². The van der Waals surface area contributed by atoms with E-state index in [1.807, 2.05) is 6.92 Å². The summed E-state index contributed by atoms with van der Waals surface area (Å²) in [6, 6.07) is 6.76. The molecule has 1 amide bonds. The number of ether oxygens (including phenoxy) is 3. The molecule has 1 aromatic carbocycles. The molecule has 0 aliphatic heterocycles. The van der Waals surface area contributed by atoms with Crippen LogP contribution in [0.4, 0.5) is 5.00 Å². The monoisotopic (exact) mass is 349 g/mol. The summed E-state index contributed by atoms with van der Waals surface area (Å²) >= 11 is 1.30. The molecule has 0 spiro atoms. The second-order valence-electron chi connectivity index (χ2n) is 4.81. The lowest BCUT2D eigenvalue weighted by atomic mass is 10.1. The van der Waals surface area contributed by atoms with E-state index in [-0.39, 0.29) is 12.2 Å². The number of benzene rings is 1. The van der Waals surface area contributed by atoms with E-state index in [1.165, 1.54) is 25.6 Å². The lowest BCUT2D eigenvalue weighted by Crippen LogP contribution is -2.16. The first-order valence-corrected chi connectivity index (χ1v) is 8.13. The average Bonchev–Trinajstić information content (AvgIpc) is 2.94. The molecule has 0 saturated heterocycles. The molecule has 6 nitrogen and oxygen atoms in total. The minimum absolute atomic E-state index is 0.265. The highest BCUT2D eigenvalue weighted by molar-refractivity contribution is 7.16. The minimum Gasteiger partial charge on any atom is -0.496 e. The molecule has 0 aliphatic rings. The van der Waals surface area contributed by atoms with Gasteiger partial charge in [0, 0.05) is 4.88 Å². The number of hydrogen-bond acceptors (Lipinski definition) is 6. The topological polar surface area (TPSA) is 73.9 Å². The van der Waals surface area contributed by atoms with Crippen LogP contribution in [0.3, 0.4) is 0 Å². The number of nitrogens with one attached hydrogen (secondary N) is 1. The van der Waals surface area contributed by atoms with Crippen molar-refractivity contribution in [3.05, 3.63) is 40.3 Å². The van der Waals surface area contributed by atoms with Crippen LogP contribution < -0.4 is 14.8 Å². The summed E-state index contributed by atoms with van der Waals surface area (Å²) < 4.78 is 15.5. The number of aryl methyl sites for hydroxylation is 1. The molecule has 0 atom stereocenters. The van der Waals surface area contributed by atoms with Crippen molar-refractivity contribution in [1.82, 2.24) is 0 Å². The summed E-state index contributed by atoms with van der Waals surface area (Å²) in [5, 5.41) is 3.19. The molecular formula is C17H19NO5S. The van der Waals surface area contributed by atoms with Crippen molar-refractivity contribution in [3.63, 3.8) is 0 Å². The number of esters is 1. The van der Waals surface area contributed by atoms with Gasteiger partial charge in [-0.25, -0.2) is 4.79 Å². The minimum atomic E-state index is -0.468. The summed E-state index contributed by atoms with van der Waals surface area (Å²) in [5.41, 5.74) is 0.602. The first-order valence-electron chi connectivity index (χ1n) is 7.31. The quantitative estimate of drug-likeness (QED) is 0.808. The van der Waals surface area contributed by atoms with E-state index in [0.717, 1.165) is 4.88 Å². The normalized spacial score (nSPS) is 10.2. The van der Waals surface area contributed by atoms with Gasteiger partial charge in [0.15, 0.2) is 0 Å². The lowest BCUT2D eigenvalue weighted by Gasteiger charge is -2.13. The van der Waals surface area contributed by atoms with Crippen LogP contribution in [-0.4, -0.2) is 32.7 Å². The van der Waals surface area contributed by atoms with Gasteiger partial charge < -0.3 is 19.5 Å². The number of thiophene rings is 1. The maximum absolute atomic E-state index is 12.7. The first-order chi connectivity index (χ1) is 11.5. The van der Waals surface area contributed by atoms with Crippen molar-refractivity contribution in [2.24, 2.45) is 0 Å². The van der Waals surface area contributed by atoms with Crippen molar-refractivity contribution in [1.29, 1.82) is 0 Å². The van der Waals surface area contributed by atoms with Gasteiger partial charge >= 0.3 is 5.97 Å². The zero-order valence-corrected chi connectivity index (χ0v) is 14.8. The van der Waals surface area contributed by atoms with Crippen LogP contribution in [0.15, 0.2) is 24.3 Å². The Labute approximate surface area is 144 Å². The SMILES string of the molecule is CCOC(=O)c1cc(C)sc1NC(=O)c1c(OC)cccc1OC. The smallest absolute Gasteiger partial charge is 0.341 e. The molecule has 1 aromatic heterocycles. The molecule has 24 heavy (non-hydrogen) atoms. The van der Waals surface area contributed by atoms with Gasteiger partial charge in [0.1, 0.15) is 22.1 Å². The Kier molecular flexibility index (Phi) is 5.81. The van der Waals surface area contributed by atoms with E-state index in [9.17, 15) is 9.59 Å². The fraction of sp³-hybridized carbons (Fsp3) is 0.294. The highest BCUT2D eigenvalue weighted by Crippen LogP contribution is 2.32. The van der Waals surface area contributed by atoms with Crippen LogP contribution in [0.25, 0.3) is 0 Å². The Hall–Kier alpha value is -2.54. The zero-order valence-electron chi connectivity index (χ0n) is 14.0. The van der Waals surface area contributed by atoms with Crippen LogP contribution in [-0.2, 0) is 4.74 Å². The third-order valence-electron chi connectivity index (χ3n) is 3.23. The number of anilines is 1. The van der Waals surface area contributed by atoms with Crippen LogP contribution in [0.5, 0.6) is 11.5 Å². The molecule has 2 rings (SSSR count). The molecule has 0 fully saturated rings. The predicted molar refractivity (Wildman–Crippen MR) is 92.5 cm³/mol. The first kappa shape index (κ1) is 17.8. The molecular weight excluding hydrogens is 330 g/mol. The number of carbonyl (C=O) groups excluding carboxylic acids is 2. The van der Waals surface area contributed by atoms with Crippen LogP contribution in [0.2, 0.25) is 0 Å². The molecule has 1 heterocycles. The van der Waals surface area contributed by atoms with Crippen LogP contribution >= 0.6 is 11.3 Å².